The minimum Gasteiger partial charge on any atom is -0.333 e. The lowest BCUT2D eigenvalue weighted by molar-refractivity contribution is 0.571. The van der Waals surface area contributed by atoms with Crippen LogP contribution in [-0.4, -0.2) is 24.5 Å². The first-order chi connectivity index (χ1) is 9.92. The van der Waals surface area contributed by atoms with Gasteiger partial charge in [0.25, 0.3) is 0 Å². The van der Waals surface area contributed by atoms with Gasteiger partial charge in [-0.15, -0.1) is 0 Å². The van der Waals surface area contributed by atoms with Crippen molar-refractivity contribution in [3.63, 3.8) is 0 Å². The van der Waals surface area contributed by atoms with Gasteiger partial charge in [0.2, 0.25) is 10.0 Å². The number of nitrogens with zero attached hydrogens (tertiary/aromatic N) is 2. The molecule has 5 nitrogen and oxygen atoms in total. The van der Waals surface area contributed by atoms with Crippen LogP contribution in [0.15, 0.2) is 41.6 Å². The highest BCUT2D eigenvalue weighted by Gasteiger charge is 2.13. The van der Waals surface area contributed by atoms with E-state index in [0.717, 1.165) is 11.4 Å². The summed E-state index contributed by atoms with van der Waals surface area (Å²) in [5.74, 6) is 0.368. The van der Waals surface area contributed by atoms with E-state index in [1.54, 1.807) is 36.7 Å². The Morgan fingerprint density at radius 2 is 1.90 bits per heavy atom. The highest BCUT2D eigenvalue weighted by atomic mass is 32.2. The minimum atomic E-state index is -3.44. The maximum Gasteiger partial charge on any atom is 0.240 e. The fraction of sp³-hybridized carbons (Fsp3) is 0.400. The fourth-order valence-electron chi connectivity index (χ4n) is 2.23. The number of sulfonamides is 1. The second kappa shape index (κ2) is 6.41. The standard InChI is InChI=1S/C15H21N3O2S/c1-12(2)15-13(3)18(11-16-15)10-9-17-21(19,20)14-7-5-4-6-8-14/h4-8,11-12,17H,9-10H2,1-3H3. The van der Waals surface area contributed by atoms with E-state index < -0.39 is 10.0 Å². The van der Waals surface area contributed by atoms with Gasteiger partial charge in [-0.05, 0) is 25.0 Å². The zero-order valence-corrected chi connectivity index (χ0v) is 13.4. The molecule has 0 saturated heterocycles. The highest BCUT2D eigenvalue weighted by molar-refractivity contribution is 7.89. The van der Waals surface area contributed by atoms with Crippen molar-refractivity contribution in [1.82, 2.24) is 14.3 Å². The second-order valence-corrected chi connectivity index (χ2v) is 7.04. The maximum atomic E-state index is 12.1. The van der Waals surface area contributed by atoms with Crippen molar-refractivity contribution in [1.29, 1.82) is 0 Å². The largest absolute Gasteiger partial charge is 0.333 e. The zero-order valence-electron chi connectivity index (χ0n) is 12.6. The summed E-state index contributed by atoms with van der Waals surface area (Å²) in [6.07, 6.45) is 1.77. The molecule has 0 amide bonds. The first-order valence-corrected chi connectivity index (χ1v) is 8.46. The predicted molar refractivity (Wildman–Crippen MR) is 82.7 cm³/mol. The Morgan fingerprint density at radius 3 is 2.48 bits per heavy atom. The molecule has 0 fully saturated rings. The summed E-state index contributed by atoms with van der Waals surface area (Å²) in [5.41, 5.74) is 2.14. The third-order valence-electron chi connectivity index (χ3n) is 3.38. The second-order valence-electron chi connectivity index (χ2n) is 5.27. The van der Waals surface area contributed by atoms with E-state index in [4.69, 9.17) is 0 Å². The van der Waals surface area contributed by atoms with Crippen LogP contribution in [0.1, 0.15) is 31.2 Å². The molecule has 0 unspecified atom stereocenters. The smallest absolute Gasteiger partial charge is 0.240 e. The van der Waals surface area contributed by atoms with Crippen LogP contribution in [0.25, 0.3) is 0 Å². The minimum absolute atomic E-state index is 0.287. The van der Waals surface area contributed by atoms with Gasteiger partial charge in [0.1, 0.15) is 0 Å². The van der Waals surface area contributed by atoms with Gasteiger partial charge >= 0.3 is 0 Å². The molecule has 6 heteroatoms. The van der Waals surface area contributed by atoms with Crippen LogP contribution in [0.2, 0.25) is 0 Å². The SMILES string of the molecule is Cc1c(C(C)C)ncn1CCNS(=O)(=O)c1ccccc1. The van der Waals surface area contributed by atoms with E-state index in [2.05, 4.69) is 23.6 Å². The Morgan fingerprint density at radius 1 is 1.24 bits per heavy atom. The Labute approximate surface area is 126 Å². The van der Waals surface area contributed by atoms with Crippen molar-refractivity contribution >= 4 is 10.0 Å². The average Bonchev–Trinajstić information content (AvgIpc) is 2.81. The molecule has 1 heterocycles. The number of aromatic nitrogens is 2. The lowest BCUT2D eigenvalue weighted by Crippen LogP contribution is -2.27. The van der Waals surface area contributed by atoms with Crippen LogP contribution in [0, 0.1) is 6.92 Å². The monoisotopic (exact) mass is 307 g/mol. The molecular formula is C15H21N3O2S. The lowest BCUT2D eigenvalue weighted by Gasteiger charge is -2.09. The van der Waals surface area contributed by atoms with Crippen LogP contribution in [0.3, 0.4) is 0 Å². The van der Waals surface area contributed by atoms with Crippen molar-refractivity contribution < 1.29 is 8.42 Å². The Balaban J connectivity index is 1.99. The zero-order chi connectivity index (χ0) is 15.5. The van der Waals surface area contributed by atoms with E-state index in [9.17, 15) is 8.42 Å². The van der Waals surface area contributed by atoms with E-state index in [0.29, 0.717) is 19.0 Å². The first kappa shape index (κ1) is 15.7. The number of benzene rings is 1. The number of rotatable bonds is 6. The fourth-order valence-corrected chi connectivity index (χ4v) is 3.28. The van der Waals surface area contributed by atoms with Gasteiger partial charge in [-0.1, -0.05) is 32.0 Å². The highest BCUT2D eigenvalue weighted by Crippen LogP contribution is 2.16. The average molecular weight is 307 g/mol. The normalized spacial score (nSPS) is 12.0. The molecule has 0 bridgehead atoms. The van der Waals surface area contributed by atoms with Crippen LogP contribution >= 0.6 is 0 Å². The van der Waals surface area contributed by atoms with Crippen molar-refractivity contribution in [2.24, 2.45) is 0 Å². The maximum absolute atomic E-state index is 12.1. The summed E-state index contributed by atoms with van der Waals surface area (Å²) in [6, 6.07) is 8.39. The van der Waals surface area contributed by atoms with E-state index in [-0.39, 0.29) is 4.90 Å². The van der Waals surface area contributed by atoms with Gasteiger partial charge in [0, 0.05) is 18.8 Å². The first-order valence-electron chi connectivity index (χ1n) is 6.98. The Bertz CT molecular complexity index is 691. The summed E-state index contributed by atoms with van der Waals surface area (Å²) in [4.78, 5) is 4.66. The third-order valence-corrected chi connectivity index (χ3v) is 4.86. The molecule has 0 aliphatic rings. The number of hydrogen-bond donors (Lipinski definition) is 1. The predicted octanol–water partition coefficient (Wildman–Crippen LogP) is 2.29. The molecule has 21 heavy (non-hydrogen) atoms. The number of nitrogens with one attached hydrogen (secondary N) is 1. The van der Waals surface area contributed by atoms with Crippen molar-refractivity contribution in [3.05, 3.63) is 48.0 Å². The quantitative estimate of drug-likeness (QED) is 0.890. The van der Waals surface area contributed by atoms with Gasteiger partial charge in [-0.25, -0.2) is 18.1 Å². The molecular weight excluding hydrogens is 286 g/mol. The van der Waals surface area contributed by atoms with Crippen LogP contribution in [0.4, 0.5) is 0 Å². The summed E-state index contributed by atoms with van der Waals surface area (Å²) >= 11 is 0. The molecule has 1 aromatic heterocycles. The molecule has 0 atom stereocenters. The summed E-state index contributed by atoms with van der Waals surface area (Å²) in [5, 5.41) is 0. The van der Waals surface area contributed by atoms with E-state index >= 15 is 0 Å². The number of imidazole rings is 1. The van der Waals surface area contributed by atoms with Gasteiger partial charge in [0.15, 0.2) is 0 Å². The number of hydrogen-bond acceptors (Lipinski definition) is 3. The van der Waals surface area contributed by atoms with Crippen molar-refractivity contribution in [2.75, 3.05) is 6.54 Å². The van der Waals surface area contributed by atoms with Gasteiger partial charge in [-0.2, -0.15) is 0 Å². The lowest BCUT2D eigenvalue weighted by atomic mass is 10.1. The molecule has 1 aromatic carbocycles. The Kier molecular flexibility index (Phi) is 4.80. The molecule has 2 aromatic rings. The molecule has 114 valence electrons. The third kappa shape index (κ3) is 3.71. The van der Waals surface area contributed by atoms with Gasteiger partial charge in [0.05, 0.1) is 16.9 Å². The summed E-state index contributed by atoms with van der Waals surface area (Å²) < 4.78 is 28.8. The topological polar surface area (TPSA) is 64.0 Å². The van der Waals surface area contributed by atoms with E-state index in [1.165, 1.54) is 0 Å². The molecule has 0 aliphatic heterocycles. The van der Waals surface area contributed by atoms with Crippen LogP contribution < -0.4 is 4.72 Å². The van der Waals surface area contributed by atoms with Crippen molar-refractivity contribution in [3.8, 4) is 0 Å². The molecule has 0 spiro atoms. The molecule has 0 radical (unpaired) electrons. The van der Waals surface area contributed by atoms with Crippen LogP contribution in [0.5, 0.6) is 0 Å². The molecule has 2 rings (SSSR count). The van der Waals surface area contributed by atoms with E-state index in [1.807, 2.05) is 11.5 Å². The summed E-state index contributed by atoms with van der Waals surface area (Å²) in [7, 11) is -3.44. The molecule has 0 saturated carbocycles. The van der Waals surface area contributed by atoms with Crippen molar-refractivity contribution in [2.45, 2.75) is 38.1 Å². The van der Waals surface area contributed by atoms with Gasteiger partial charge in [-0.3, -0.25) is 0 Å². The van der Waals surface area contributed by atoms with Gasteiger partial charge < -0.3 is 4.57 Å². The summed E-state index contributed by atoms with van der Waals surface area (Å²) in [6.45, 7) is 7.10. The van der Waals surface area contributed by atoms with Crippen LogP contribution in [-0.2, 0) is 16.6 Å². The molecule has 0 aliphatic carbocycles. The molecule has 1 N–H and O–H groups in total. The Hall–Kier alpha value is -1.66.